The molecule has 104 valence electrons. The standard InChI is InChI=1S/C15H21ClN2O/c1-11-3-2-4-14(9-11)17-10-15(19)18-13-7-5-12(16)6-8-13/h5-8,11,14,17H,2-4,9-10H2,1H3,(H,18,19). The van der Waals surface area contributed by atoms with Crippen LogP contribution in [-0.2, 0) is 4.79 Å². The molecule has 1 aromatic rings. The maximum Gasteiger partial charge on any atom is 0.238 e. The van der Waals surface area contributed by atoms with Crippen LogP contribution < -0.4 is 10.6 Å². The van der Waals surface area contributed by atoms with Crippen molar-refractivity contribution in [3.8, 4) is 0 Å². The van der Waals surface area contributed by atoms with Crippen molar-refractivity contribution in [3.05, 3.63) is 29.3 Å². The normalized spacial score (nSPS) is 23.1. The van der Waals surface area contributed by atoms with E-state index in [1.165, 1.54) is 25.7 Å². The third-order valence-corrected chi connectivity index (χ3v) is 3.87. The molecule has 4 heteroatoms. The second kappa shape index (κ2) is 6.92. The molecule has 0 bridgehead atoms. The van der Waals surface area contributed by atoms with E-state index >= 15 is 0 Å². The summed E-state index contributed by atoms with van der Waals surface area (Å²) in [7, 11) is 0. The minimum atomic E-state index is 0.000508. The highest BCUT2D eigenvalue weighted by molar-refractivity contribution is 6.30. The molecule has 2 N–H and O–H groups in total. The van der Waals surface area contributed by atoms with Gasteiger partial charge in [0.25, 0.3) is 0 Å². The highest BCUT2D eigenvalue weighted by Gasteiger charge is 2.18. The second-order valence-electron chi connectivity index (χ2n) is 5.40. The van der Waals surface area contributed by atoms with Gasteiger partial charge in [-0.2, -0.15) is 0 Å². The predicted octanol–water partition coefficient (Wildman–Crippen LogP) is 3.45. The molecule has 0 radical (unpaired) electrons. The van der Waals surface area contributed by atoms with E-state index in [1.807, 2.05) is 12.1 Å². The maximum absolute atomic E-state index is 11.8. The van der Waals surface area contributed by atoms with Gasteiger partial charge in [0.1, 0.15) is 0 Å². The average Bonchev–Trinajstić information content (AvgIpc) is 2.39. The summed E-state index contributed by atoms with van der Waals surface area (Å²) < 4.78 is 0. The largest absolute Gasteiger partial charge is 0.325 e. The predicted molar refractivity (Wildman–Crippen MR) is 79.5 cm³/mol. The van der Waals surface area contributed by atoms with Gasteiger partial charge in [-0.3, -0.25) is 4.79 Å². The Kier molecular flexibility index (Phi) is 5.23. The Labute approximate surface area is 119 Å². The monoisotopic (exact) mass is 280 g/mol. The molecule has 1 fully saturated rings. The van der Waals surface area contributed by atoms with E-state index in [2.05, 4.69) is 17.6 Å². The summed E-state index contributed by atoms with van der Waals surface area (Å²) in [5.74, 6) is 0.770. The van der Waals surface area contributed by atoms with E-state index in [9.17, 15) is 4.79 Å². The van der Waals surface area contributed by atoms with Gasteiger partial charge in [-0.25, -0.2) is 0 Å². The van der Waals surface area contributed by atoms with E-state index in [4.69, 9.17) is 11.6 Å². The molecule has 1 amide bonds. The number of benzene rings is 1. The van der Waals surface area contributed by atoms with E-state index in [0.29, 0.717) is 17.6 Å². The lowest BCUT2D eigenvalue weighted by Crippen LogP contribution is -2.38. The van der Waals surface area contributed by atoms with Crippen LogP contribution in [-0.4, -0.2) is 18.5 Å². The Morgan fingerprint density at radius 2 is 2.05 bits per heavy atom. The molecule has 1 aliphatic rings. The van der Waals surface area contributed by atoms with Gasteiger partial charge in [0.2, 0.25) is 5.91 Å². The van der Waals surface area contributed by atoms with Crippen LogP contribution in [0.1, 0.15) is 32.6 Å². The third-order valence-electron chi connectivity index (χ3n) is 3.62. The van der Waals surface area contributed by atoms with Crippen LogP contribution in [0.15, 0.2) is 24.3 Å². The molecule has 1 saturated carbocycles. The first-order chi connectivity index (χ1) is 9.13. The lowest BCUT2D eigenvalue weighted by Gasteiger charge is -2.27. The van der Waals surface area contributed by atoms with Gasteiger partial charge >= 0.3 is 0 Å². The quantitative estimate of drug-likeness (QED) is 0.887. The van der Waals surface area contributed by atoms with Crippen LogP contribution in [0, 0.1) is 5.92 Å². The van der Waals surface area contributed by atoms with E-state index < -0.39 is 0 Å². The van der Waals surface area contributed by atoms with Crippen molar-refractivity contribution in [2.45, 2.75) is 38.6 Å². The molecular formula is C15H21ClN2O. The number of amides is 1. The van der Waals surface area contributed by atoms with Crippen molar-refractivity contribution >= 4 is 23.2 Å². The Morgan fingerprint density at radius 1 is 1.32 bits per heavy atom. The molecule has 2 unspecified atom stereocenters. The van der Waals surface area contributed by atoms with Gasteiger partial charge in [0.05, 0.1) is 6.54 Å². The number of anilines is 1. The lowest BCUT2D eigenvalue weighted by molar-refractivity contribution is -0.115. The average molecular weight is 281 g/mol. The molecule has 3 nitrogen and oxygen atoms in total. The Hall–Kier alpha value is -1.06. The fourth-order valence-electron chi connectivity index (χ4n) is 2.59. The summed E-state index contributed by atoms with van der Waals surface area (Å²) in [4.78, 5) is 11.8. The lowest BCUT2D eigenvalue weighted by atomic mass is 9.87. The molecule has 2 rings (SSSR count). The second-order valence-corrected chi connectivity index (χ2v) is 5.84. The van der Waals surface area contributed by atoms with Gasteiger partial charge in [0, 0.05) is 16.8 Å². The van der Waals surface area contributed by atoms with Gasteiger partial charge in [-0.15, -0.1) is 0 Å². The van der Waals surface area contributed by atoms with Crippen LogP contribution in [0.25, 0.3) is 0 Å². The fourth-order valence-corrected chi connectivity index (χ4v) is 2.72. The molecular weight excluding hydrogens is 260 g/mol. The van der Waals surface area contributed by atoms with E-state index in [0.717, 1.165) is 11.6 Å². The van der Waals surface area contributed by atoms with Gasteiger partial charge in [-0.05, 0) is 43.0 Å². The SMILES string of the molecule is CC1CCCC(NCC(=O)Nc2ccc(Cl)cc2)C1. The Balaban J connectivity index is 1.73. The minimum absolute atomic E-state index is 0.000508. The zero-order valence-electron chi connectivity index (χ0n) is 11.3. The first kappa shape index (κ1) is 14.4. The molecule has 1 aliphatic carbocycles. The summed E-state index contributed by atoms with van der Waals surface area (Å²) in [6.07, 6.45) is 4.93. The van der Waals surface area contributed by atoms with Crippen LogP contribution in [0.3, 0.4) is 0 Å². The summed E-state index contributed by atoms with van der Waals surface area (Å²) >= 11 is 5.80. The third kappa shape index (κ3) is 4.84. The fraction of sp³-hybridized carbons (Fsp3) is 0.533. The van der Waals surface area contributed by atoms with Gasteiger partial charge in [0.15, 0.2) is 0 Å². The van der Waals surface area contributed by atoms with Crippen LogP contribution >= 0.6 is 11.6 Å². The first-order valence-electron chi connectivity index (χ1n) is 6.92. The van der Waals surface area contributed by atoms with Gasteiger partial charge in [-0.1, -0.05) is 31.4 Å². The molecule has 19 heavy (non-hydrogen) atoms. The van der Waals surface area contributed by atoms with Crippen LogP contribution in [0.4, 0.5) is 5.69 Å². The summed E-state index contributed by atoms with van der Waals surface area (Å²) in [6.45, 7) is 2.65. The van der Waals surface area contributed by atoms with Crippen LogP contribution in [0.2, 0.25) is 5.02 Å². The Bertz CT molecular complexity index is 419. The van der Waals surface area contributed by atoms with Crippen LogP contribution in [0.5, 0.6) is 0 Å². The zero-order chi connectivity index (χ0) is 13.7. The van der Waals surface area contributed by atoms with Crippen molar-refractivity contribution in [1.82, 2.24) is 5.32 Å². The minimum Gasteiger partial charge on any atom is -0.325 e. The molecule has 2 atom stereocenters. The highest BCUT2D eigenvalue weighted by Crippen LogP contribution is 2.23. The van der Waals surface area contributed by atoms with Crippen molar-refractivity contribution in [1.29, 1.82) is 0 Å². The number of halogens is 1. The highest BCUT2D eigenvalue weighted by atomic mass is 35.5. The molecule has 0 spiro atoms. The summed E-state index contributed by atoms with van der Waals surface area (Å²) in [6, 6.07) is 7.65. The maximum atomic E-state index is 11.8. The number of rotatable bonds is 4. The topological polar surface area (TPSA) is 41.1 Å². The van der Waals surface area contributed by atoms with Crippen molar-refractivity contribution in [2.75, 3.05) is 11.9 Å². The van der Waals surface area contributed by atoms with E-state index in [-0.39, 0.29) is 5.91 Å². The number of nitrogens with one attached hydrogen (secondary N) is 2. The molecule has 0 aliphatic heterocycles. The van der Waals surface area contributed by atoms with Crippen molar-refractivity contribution in [3.63, 3.8) is 0 Å². The smallest absolute Gasteiger partial charge is 0.238 e. The first-order valence-corrected chi connectivity index (χ1v) is 7.30. The molecule has 1 aromatic carbocycles. The Morgan fingerprint density at radius 3 is 2.74 bits per heavy atom. The summed E-state index contributed by atoms with van der Waals surface area (Å²) in [5.41, 5.74) is 0.785. The molecule has 0 heterocycles. The number of hydrogen-bond donors (Lipinski definition) is 2. The van der Waals surface area contributed by atoms with Crippen molar-refractivity contribution < 1.29 is 4.79 Å². The van der Waals surface area contributed by atoms with Gasteiger partial charge < -0.3 is 10.6 Å². The van der Waals surface area contributed by atoms with E-state index in [1.54, 1.807) is 12.1 Å². The zero-order valence-corrected chi connectivity index (χ0v) is 12.0. The number of carbonyl (C=O) groups excluding carboxylic acids is 1. The summed E-state index contributed by atoms with van der Waals surface area (Å²) in [5, 5.41) is 6.88. The van der Waals surface area contributed by atoms with Crippen molar-refractivity contribution in [2.24, 2.45) is 5.92 Å². The number of carbonyl (C=O) groups is 1. The molecule has 0 aromatic heterocycles. The number of hydrogen-bond acceptors (Lipinski definition) is 2. The molecule has 0 saturated heterocycles.